The van der Waals surface area contributed by atoms with Gasteiger partial charge in [0.05, 0.1) is 9.85 Å². The number of benzene rings is 1. The Kier molecular flexibility index (Phi) is 3.89. The van der Waals surface area contributed by atoms with E-state index >= 15 is 0 Å². The number of halogens is 2. The first kappa shape index (κ1) is 14.5. The van der Waals surface area contributed by atoms with Crippen LogP contribution < -0.4 is 4.74 Å². The average Bonchev–Trinajstić information content (AvgIpc) is 2.40. The summed E-state index contributed by atoms with van der Waals surface area (Å²) in [6.45, 7) is 0. The fraction of sp³-hybridized carbons (Fsp3) is 0. The largest absolute Gasteiger partial charge is 0.423 e. The first-order valence-corrected chi connectivity index (χ1v) is 5.55. The number of hydrogen-bond acceptors (Lipinski definition) is 7. The Balaban J connectivity index is 2.56. The van der Waals surface area contributed by atoms with Gasteiger partial charge in [-0.1, -0.05) is 17.7 Å². The van der Waals surface area contributed by atoms with Crippen molar-refractivity contribution in [1.29, 1.82) is 0 Å². The number of aromatic nitrogens is 2. The van der Waals surface area contributed by atoms with Gasteiger partial charge in [-0.15, -0.1) is 0 Å². The summed E-state index contributed by atoms with van der Waals surface area (Å²) in [5.41, 5.74) is -1.53. The van der Waals surface area contributed by atoms with E-state index in [-0.39, 0.29) is 0 Å². The molecule has 0 radical (unpaired) electrons. The zero-order valence-electron chi connectivity index (χ0n) is 9.90. The molecule has 1 heterocycles. The molecule has 1 aromatic carbocycles. The van der Waals surface area contributed by atoms with E-state index in [0.717, 1.165) is 24.5 Å². The molecule has 0 atom stereocenters. The minimum atomic E-state index is -1.08. The monoisotopic (exact) mass is 314 g/mol. The topological polar surface area (TPSA) is 121 Å². The molecule has 0 aliphatic carbocycles. The molecule has 0 unspecified atom stereocenters. The molecule has 2 rings (SSSR count). The molecule has 0 bridgehead atoms. The maximum Gasteiger partial charge on any atom is 0.368 e. The predicted molar refractivity (Wildman–Crippen MR) is 66.8 cm³/mol. The molecule has 0 aliphatic rings. The lowest BCUT2D eigenvalue weighted by Crippen LogP contribution is -2.01. The van der Waals surface area contributed by atoms with Gasteiger partial charge in [0.2, 0.25) is 10.9 Å². The third-order valence-corrected chi connectivity index (χ3v) is 2.54. The van der Waals surface area contributed by atoms with Crippen molar-refractivity contribution in [2.24, 2.45) is 0 Å². The van der Waals surface area contributed by atoms with E-state index in [1.807, 2.05) is 0 Å². The number of rotatable bonds is 4. The zero-order chi connectivity index (χ0) is 15.6. The molecule has 0 fully saturated rings. The molecular weight excluding hydrogens is 311 g/mol. The second-order valence-corrected chi connectivity index (χ2v) is 3.88. The van der Waals surface area contributed by atoms with Crippen molar-refractivity contribution in [3.8, 4) is 11.6 Å². The quantitative estimate of drug-likeness (QED) is 0.483. The van der Waals surface area contributed by atoms with Crippen molar-refractivity contribution in [3.63, 3.8) is 0 Å². The van der Waals surface area contributed by atoms with Crippen LogP contribution in [-0.2, 0) is 0 Å². The Morgan fingerprint density at radius 3 is 2.52 bits per heavy atom. The second-order valence-electron chi connectivity index (χ2n) is 3.52. The summed E-state index contributed by atoms with van der Waals surface area (Å²) in [7, 11) is 0. The van der Waals surface area contributed by atoms with Crippen LogP contribution in [0.1, 0.15) is 0 Å². The molecule has 0 spiro atoms. The van der Waals surface area contributed by atoms with Crippen molar-refractivity contribution in [3.05, 3.63) is 55.7 Å². The van der Waals surface area contributed by atoms with Crippen molar-refractivity contribution in [2.75, 3.05) is 0 Å². The van der Waals surface area contributed by atoms with Crippen LogP contribution in [0, 0.1) is 26.0 Å². The SMILES string of the molecule is O=[N+]([O-])c1cccc(F)c1Oc1ncnc(Cl)c1[N+](=O)[O-]. The normalized spacial score (nSPS) is 10.2. The van der Waals surface area contributed by atoms with Gasteiger partial charge in [0, 0.05) is 6.07 Å². The summed E-state index contributed by atoms with van der Waals surface area (Å²) in [6, 6.07) is 2.98. The summed E-state index contributed by atoms with van der Waals surface area (Å²) >= 11 is 5.53. The highest BCUT2D eigenvalue weighted by molar-refractivity contribution is 6.31. The number of nitro benzene ring substituents is 1. The Morgan fingerprint density at radius 1 is 1.19 bits per heavy atom. The van der Waals surface area contributed by atoms with Gasteiger partial charge in [-0.2, -0.15) is 4.98 Å². The van der Waals surface area contributed by atoms with Crippen molar-refractivity contribution < 1.29 is 19.0 Å². The standard InChI is InChI=1S/C10H4ClFN4O5/c11-9-7(16(19)20)10(14-4-13-9)21-8-5(12)2-1-3-6(8)15(17)18/h1-4H. The molecule has 0 aliphatic heterocycles. The molecule has 1 aromatic heterocycles. The summed E-state index contributed by atoms with van der Waals surface area (Å²) in [4.78, 5) is 26.7. The van der Waals surface area contributed by atoms with Gasteiger partial charge in [-0.25, -0.2) is 9.37 Å². The van der Waals surface area contributed by atoms with Crippen LogP contribution in [0.4, 0.5) is 15.8 Å². The Hall–Kier alpha value is -2.88. The molecule has 9 nitrogen and oxygen atoms in total. The van der Waals surface area contributed by atoms with Crippen LogP contribution in [0.3, 0.4) is 0 Å². The number of nitro groups is 2. The van der Waals surface area contributed by atoms with Gasteiger partial charge >= 0.3 is 17.3 Å². The molecule has 2 aromatic rings. The summed E-state index contributed by atoms with van der Waals surface area (Å²) in [5, 5.41) is 21.1. The molecule has 0 saturated carbocycles. The highest BCUT2D eigenvalue weighted by atomic mass is 35.5. The Bertz CT molecular complexity index is 741. The van der Waals surface area contributed by atoms with Crippen LogP contribution in [0.25, 0.3) is 0 Å². The third-order valence-electron chi connectivity index (χ3n) is 2.27. The fourth-order valence-electron chi connectivity index (χ4n) is 1.41. The molecule has 0 saturated heterocycles. The summed E-state index contributed by atoms with van der Waals surface area (Å²) in [6.07, 6.45) is 0.845. The smallest absolute Gasteiger partial charge is 0.368 e. The van der Waals surface area contributed by atoms with Crippen LogP contribution in [0.2, 0.25) is 5.15 Å². The first-order chi connectivity index (χ1) is 9.91. The van der Waals surface area contributed by atoms with E-state index in [0.29, 0.717) is 0 Å². The minimum absolute atomic E-state index is 0.538. The number of ether oxygens (including phenoxy) is 1. The number of para-hydroxylation sites is 1. The van der Waals surface area contributed by atoms with Crippen LogP contribution in [0.5, 0.6) is 11.6 Å². The lowest BCUT2D eigenvalue weighted by Gasteiger charge is -2.06. The molecule has 108 valence electrons. The van der Waals surface area contributed by atoms with Gasteiger partial charge in [-0.05, 0) is 6.07 Å². The summed E-state index contributed by atoms with van der Waals surface area (Å²) < 4.78 is 18.5. The summed E-state index contributed by atoms with van der Waals surface area (Å²) in [5.74, 6) is -2.58. The van der Waals surface area contributed by atoms with Gasteiger partial charge in [-0.3, -0.25) is 20.2 Å². The molecule has 0 N–H and O–H groups in total. The van der Waals surface area contributed by atoms with E-state index in [2.05, 4.69) is 9.97 Å². The average molecular weight is 315 g/mol. The second kappa shape index (κ2) is 5.63. The molecule has 21 heavy (non-hydrogen) atoms. The molecular formula is C10H4ClFN4O5. The molecule has 0 amide bonds. The van der Waals surface area contributed by atoms with Crippen LogP contribution >= 0.6 is 11.6 Å². The van der Waals surface area contributed by atoms with E-state index < -0.39 is 43.8 Å². The van der Waals surface area contributed by atoms with E-state index in [4.69, 9.17) is 16.3 Å². The van der Waals surface area contributed by atoms with E-state index in [9.17, 15) is 24.6 Å². The van der Waals surface area contributed by atoms with E-state index in [1.54, 1.807) is 0 Å². The molecule has 11 heteroatoms. The minimum Gasteiger partial charge on any atom is -0.423 e. The van der Waals surface area contributed by atoms with Crippen molar-refractivity contribution in [1.82, 2.24) is 9.97 Å². The van der Waals surface area contributed by atoms with Crippen LogP contribution in [-0.4, -0.2) is 19.8 Å². The first-order valence-electron chi connectivity index (χ1n) is 5.17. The maximum absolute atomic E-state index is 13.7. The lowest BCUT2D eigenvalue weighted by atomic mass is 10.3. The van der Waals surface area contributed by atoms with Crippen molar-refractivity contribution >= 4 is 23.0 Å². The van der Waals surface area contributed by atoms with Gasteiger partial charge < -0.3 is 4.74 Å². The van der Waals surface area contributed by atoms with Gasteiger partial charge in [0.15, 0.2) is 5.82 Å². The number of hydrogen-bond donors (Lipinski definition) is 0. The van der Waals surface area contributed by atoms with Gasteiger partial charge in [0.1, 0.15) is 6.33 Å². The Morgan fingerprint density at radius 2 is 1.90 bits per heavy atom. The Labute approximate surface area is 120 Å². The fourth-order valence-corrected chi connectivity index (χ4v) is 1.60. The third kappa shape index (κ3) is 2.84. The zero-order valence-corrected chi connectivity index (χ0v) is 10.7. The van der Waals surface area contributed by atoms with Gasteiger partial charge in [0.25, 0.3) is 0 Å². The maximum atomic E-state index is 13.7. The lowest BCUT2D eigenvalue weighted by molar-refractivity contribution is -0.387. The highest BCUT2D eigenvalue weighted by Gasteiger charge is 2.28. The number of nitrogens with zero attached hydrogens (tertiary/aromatic N) is 4. The van der Waals surface area contributed by atoms with Crippen molar-refractivity contribution in [2.45, 2.75) is 0 Å². The highest BCUT2D eigenvalue weighted by Crippen LogP contribution is 2.38. The van der Waals surface area contributed by atoms with E-state index in [1.165, 1.54) is 0 Å². The predicted octanol–water partition coefficient (Wildman–Crippen LogP) is 2.88. The van der Waals surface area contributed by atoms with Crippen LogP contribution in [0.15, 0.2) is 24.5 Å².